The number of nitrogens with zero attached hydrogens (tertiary/aromatic N) is 2. The van der Waals surface area contributed by atoms with E-state index in [1.165, 1.54) is 19.3 Å². The lowest BCUT2D eigenvalue weighted by molar-refractivity contribution is 1.47. The van der Waals surface area contributed by atoms with Gasteiger partial charge in [0.25, 0.3) is 0 Å². The number of hydrogen-bond donors (Lipinski definition) is 0. The van der Waals surface area contributed by atoms with Gasteiger partial charge in [0.15, 0.2) is 0 Å². The summed E-state index contributed by atoms with van der Waals surface area (Å²) in [6, 6.07) is 3.12. The zero-order chi connectivity index (χ0) is 7.11. The van der Waals surface area contributed by atoms with Crippen LogP contribution in [0.25, 0.3) is 0 Å². The van der Waals surface area contributed by atoms with Crippen LogP contribution in [0.1, 0.15) is 19.3 Å². The van der Waals surface area contributed by atoms with Gasteiger partial charge in [-0.15, -0.1) is 0 Å². The van der Waals surface area contributed by atoms with E-state index in [4.69, 9.17) is 10.5 Å². The summed E-state index contributed by atoms with van der Waals surface area (Å²) in [5.41, 5.74) is -0.0463. The van der Waals surface area contributed by atoms with E-state index in [0.29, 0.717) is 0 Å². The Labute approximate surface area is 55.0 Å². The summed E-state index contributed by atoms with van der Waals surface area (Å²) in [5.74, 6) is 0. The van der Waals surface area contributed by atoms with Crippen molar-refractivity contribution in [2.45, 2.75) is 19.3 Å². The minimum Gasteiger partial charge on any atom is -0.192 e. The first-order valence-corrected chi connectivity index (χ1v) is 2.80. The summed E-state index contributed by atoms with van der Waals surface area (Å²) in [4.78, 5) is 0. The Kier molecular flexibility index (Phi) is 4.18. The zero-order valence-electron chi connectivity index (χ0n) is 5.22. The van der Waals surface area contributed by atoms with Crippen LogP contribution in [-0.2, 0) is 0 Å². The van der Waals surface area contributed by atoms with Gasteiger partial charge in [-0.3, -0.25) is 0 Å². The van der Waals surface area contributed by atoms with E-state index < -0.39 is 0 Å². The second-order valence-electron chi connectivity index (χ2n) is 1.76. The van der Waals surface area contributed by atoms with Crippen LogP contribution < -0.4 is 0 Å². The highest BCUT2D eigenvalue weighted by atomic mass is 14.3. The Bertz CT molecular complexity index is 148. The third-order valence-electron chi connectivity index (χ3n) is 0.623. The van der Waals surface area contributed by atoms with Gasteiger partial charge in [0.1, 0.15) is 17.7 Å². The summed E-state index contributed by atoms with van der Waals surface area (Å²) in [5, 5.41) is 15.5. The predicted molar refractivity (Wildman–Crippen MR) is 34.2 cm³/mol. The van der Waals surface area contributed by atoms with Gasteiger partial charge < -0.3 is 0 Å². The number of nitriles is 2. The van der Waals surface area contributed by atoms with Crippen molar-refractivity contribution in [1.29, 1.82) is 10.5 Å². The summed E-state index contributed by atoms with van der Waals surface area (Å²) in [6.07, 6.45) is 4.50. The van der Waals surface area contributed by atoms with Crippen LogP contribution in [-0.4, -0.2) is 0 Å². The molecule has 2 heteroatoms. The fourth-order valence-corrected chi connectivity index (χ4v) is 0.0250. The maximum atomic E-state index is 7.76. The van der Waals surface area contributed by atoms with Crippen LogP contribution in [0.2, 0.25) is 0 Å². The highest BCUT2D eigenvalue weighted by Gasteiger charge is 1.95. The van der Waals surface area contributed by atoms with Crippen LogP contribution >= 0.6 is 0 Å². The lowest BCUT2D eigenvalue weighted by Gasteiger charge is -1.58. The topological polar surface area (TPSA) is 47.6 Å². The molecular formula is C7H8N2. The molecule has 0 heterocycles. The molecule has 0 aromatic carbocycles. The van der Waals surface area contributed by atoms with E-state index >= 15 is 0 Å². The highest BCUT2D eigenvalue weighted by Crippen LogP contribution is 2.14. The van der Waals surface area contributed by atoms with Gasteiger partial charge in [-0.05, 0) is 0 Å². The molecule has 1 rings (SSSR count). The molecule has 0 aromatic rings. The van der Waals surface area contributed by atoms with Crippen molar-refractivity contribution >= 4 is 0 Å². The summed E-state index contributed by atoms with van der Waals surface area (Å²) in [7, 11) is 0. The van der Waals surface area contributed by atoms with Crippen LogP contribution in [0.3, 0.4) is 0 Å². The van der Waals surface area contributed by atoms with E-state index in [-0.39, 0.29) is 5.57 Å². The number of hydrogen-bond acceptors (Lipinski definition) is 2. The molecule has 46 valence electrons. The minimum absolute atomic E-state index is 0.0463. The smallest absolute Gasteiger partial charge is 0.122 e. The first-order valence-electron chi connectivity index (χ1n) is 2.80. The van der Waals surface area contributed by atoms with Crippen LogP contribution in [0.5, 0.6) is 0 Å². The normalized spacial score (nSPS) is 11.3. The standard InChI is InChI=1S/C4H2N2.C3H6/c1-4(2-5)3-6;1-2-3-1/h1H2;1-3H2. The average molecular weight is 120 g/mol. The largest absolute Gasteiger partial charge is 0.192 e. The van der Waals surface area contributed by atoms with E-state index in [0.717, 1.165) is 0 Å². The van der Waals surface area contributed by atoms with Crippen molar-refractivity contribution in [3.05, 3.63) is 12.2 Å². The van der Waals surface area contributed by atoms with E-state index in [1.54, 1.807) is 12.1 Å². The van der Waals surface area contributed by atoms with Crippen molar-refractivity contribution in [1.82, 2.24) is 0 Å². The quantitative estimate of drug-likeness (QED) is 0.457. The molecule has 0 saturated heterocycles. The molecule has 0 N–H and O–H groups in total. The molecule has 1 fully saturated rings. The number of allylic oxidation sites excluding steroid dienone is 1. The second-order valence-corrected chi connectivity index (χ2v) is 1.76. The van der Waals surface area contributed by atoms with Crippen LogP contribution in [0.15, 0.2) is 12.2 Å². The Hall–Kier alpha value is -1.28. The molecule has 0 amide bonds. The van der Waals surface area contributed by atoms with Gasteiger partial charge >= 0.3 is 0 Å². The Balaban J connectivity index is 0.000000173. The maximum absolute atomic E-state index is 7.76. The minimum atomic E-state index is -0.0463. The van der Waals surface area contributed by atoms with Gasteiger partial charge in [-0.2, -0.15) is 10.5 Å². The van der Waals surface area contributed by atoms with Crippen LogP contribution in [0.4, 0.5) is 0 Å². The molecule has 1 saturated carbocycles. The fourth-order valence-electron chi connectivity index (χ4n) is 0.0250. The van der Waals surface area contributed by atoms with Gasteiger partial charge in [0, 0.05) is 0 Å². The SMILES string of the molecule is C1CC1.C=C(C#N)C#N. The zero-order valence-corrected chi connectivity index (χ0v) is 5.22. The van der Waals surface area contributed by atoms with Gasteiger partial charge in [0.05, 0.1) is 0 Å². The third kappa shape index (κ3) is 10.8. The highest BCUT2D eigenvalue weighted by molar-refractivity contribution is 5.31. The lowest BCUT2D eigenvalue weighted by Crippen LogP contribution is -1.58. The van der Waals surface area contributed by atoms with Gasteiger partial charge in [-0.1, -0.05) is 25.8 Å². The molecule has 0 radical (unpaired) electrons. The first-order chi connectivity index (χ1) is 4.31. The van der Waals surface area contributed by atoms with Crippen molar-refractivity contribution in [3.8, 4) is 12.1 Å². The van der Waals surface area contributed by atoms with Crippen LogP contribution in [0, 0.1) is 22.7 Å². The van der Waals surface area contributed by atoms with Crippen molar-refractivity contribution < 1.29 is 0 Å². The molecule has 0 spiro atoms. The predicted octanol–water partition coefficient (Wildman–Crippen LogP) is 1.76. The molecule has 0 aliphatic heterocycles. The van der Waals surface area contributed by atoms with Crippen molar-refractivity contribution in [3.63, 3.8) is 0 Å². The Morgan fingerprint density at radius 1 is 1.11 bits per heavy atom. The lowest BCUT2D eigenvalue weighted by atomic mass is 10.4. The first kappa shape index (κ1) is 7.72. The average Bonchev–Trinajstić information content (AvgIpc) is 2.70. The summed E-state index contributed by atoms with van der Waals surface area (Å²) < 4.78 is 0. The second kappa shape index (κ2) is 4.87. The Morgan fingerprint density at radius 2 is 1.44 bits per heavy atom. The molecule has 0 atom stereocenters. The third-order valence-corrected chi connectivity index (χ3v) is 0.623. The molecule has 0 unspecified atom stereocenters. The Morgan fingerprint density at radius 3 is 1.44 bits per heavy atom. The van der Waals surface area contributed by atoms with E-state index in [2.05, 4.69) is 6.58 Å². The molecule has 9 heavy (non-hydrogen) atoms. The van der Waals surface area contributed by atoms with E-state index in [9.17, 15) is 0 Å². The molecule has 0 bridgehead atoms. The van der Waals surface area contributed by atoms with Crippen molar-refractivity contribution in [2.24, 2.45) is 0 Å². The van der Waals surface area contributed by atoms with Gasteiger partial charge in [0.2, 0.25) is 0 Å². The molecule has 1 aliphatic carbocycles. The maximum Gasteiger partial charge on any atom is 0.122 e. The molecule has 2 nitrogen and oxygen atoms in total. The summed E-state index contributed by atoms with van der Waals surface area (Å²) in [6.45, 7) is 3.07. The fraction of sp³-hybridized carbons (Fsp3) is 0.429. The summed E-state index contributed by atoms with van der Waals surface area (Å²) >= 11 is 0. The molecule has 1 aliphatic rings. The monoisotopic (exact) mass is 120 g/mol. The number of rotatable bonds is 0. The van der Waals surface area contributed by atoms with Crippen molar-refractivity contribution in [2.75, 3.05) is 0 Å². The molecule has 0 aromatic heterocycles. The molecular weight excluding hydrogens is 112 g/mol. The van der Waals surface area contributed by atoms with Gasteiger partial charge in [-0.25, -0.2) is 0 Å². The van der Waals surface area contributed by atoms with E-state index in [1.807, 2.05) is 0 Å².